The van der Waals surface area contributed by atoms with Crippen LogP contribution in [0.3, 0.4) is 0 Å². The van der Waals surface area contributed by atoms with Crippen LogP contribution in [0, 0.1) is 0 Å². The van der Waals surface area contributed by atoms with Crippen molar-refractivity contribution in [1.82, 2.24) is 5.32 Å². The molecule has 1 aromatic carbocycles. The molecule has 1 aliphatic carbocycles. The number of amides is 1. The van der Waals surface area contributed by atoms with Crippen LogP contribution < -0.4 is 5.32 Å². The van der Waals surface area contributed by atoms with Gasteiger partial charge in [-0.25, -0.2) is 8.78 Å². The van der Waals surface area contributed by atoms with Crippen LogP contribution >= 0.6 is 0 Å². The summed E-state index contributed by atoms with van der Waals surface area (Å²) in [5.41, 5.74) is 1.85. The van der Waals surface area contributed by atoms with E-state index in [1.807, 2.05) is 24.3 Å². The molecule has 1 fully saturated rings. The van der Waals surface area contributed by atoms with Crippen molar-refractivity contribution in [1.29, 1.82) is 0 Å². The van der Waals surface area contributed by atoms with E-state index in [-0.39, 0.29) is 31.2 Å². The van der Waals surface area contributed by atoms with Gasteiger partial charge in [0, 0.05) is 18.9 Å². The highest BCUT2D eigenvalue weighted by molar-refractivity contribution is 5.79. The van der Waals surface area contributed by atoms with Crippen molar-refractivity contribution < 1.29 is 13.6 Å². The number of hydrogen-bond donors (Lipinski definition) is 1. The van der Waals surface area contributed by atoms with Gasteiger partial charge in [0.2, 0.25) is 5.91 Å². The molecule has 1 amide bonds. The molecule has 2 nitrogen and oxygen atoms in total. The molecule has 0 aromatic heterocycles. The number of carbonyl (C=O) groups is 1. The summed E-state index contributed by atoms with van der Waals surface area (Å²) >= 11 is 0. The average molecular weight is 251 g/mol. The van der Waals surface area contributed by atoms with E-state index in [1.165, 1.54) is 0 Å². The summed E-state index contributed by atoms with van der Waals surface area (Å²) in [6.07, 6.45) is 1.46. The lowest BCUT2D eigenvalue weighted by molar-refractivity contribution is -0.128. The van der Waals surface area contributed by atoms with E-state index >= 15 is 0 Å². The number of nitrogens with one attached hydrogen (secondary N) is 1. The molecule has 1 saturated carbocycles. The molecule has 96 valence electrons. The summed E-state index contributed by atoms with van der Waals surface area (Å²) in [5, 5.41) is 2.61. The maximum atomic E-state index is 12.6. The van der Waals surface area contributed by atoms with Crippen LogP contribution in [-0.4, -0.2) is 17.9 Å². The van der Waals surface area contributed by atoms with Gasteiger partial charge in [0.15, 0.2) is 0 Å². The zero-order valence-corrected chi connectivity index (χ0v) is 9.96. The largest absolute Gasteiger partial charge is 0.353 e. The van der Waals surface area contributed by atoms with Gasteiger partial charge in [0.25, 0.3) is 5.92 Å². The maximum Gasteiger partial charge on any atom is 0.252 e. The van der Waals surface area contributed by atoms with Crippen molar-refractivity contribution in [2.24, 2.45) is 0 Å². The fourth-order valence-electron chi connectivity index (χ4n) is 2.00. The fraction of sp³-hybridized carbons (Fsp3) is 0.357. The molecular formula is C14H15F2NO. The molecule has 0 atom stereocenters. The van der Waals surface area contributed by atoms with Crippen molar-refractivity contribution in [3.8, 4) is 0 Å². The topological polar surface area (TPSA) is 29.1 Å². The Bertz CT molecular complexity index is 445. The predicted octanol–water partition coefficient (Wildman–Crippen LogP) is 2.79. The van der Waals surface area contributed by atoms with Crippen LogP contribution in [0.2, 0.25) is 0 Å². The number of carbonyl (C=O) groups excluding carboxylic acids is 1. The minimum absolute atomic E-state index is 0.207. The van der Waals surface area contributed by atoms with E-state index in [0.717, 1.165) is 11.1 Å². The van der Waals surface area contributed by atoms with Crippen LogP contribution in [0.25, 0.3) is 6.08 Å². The summed E-state index contributed by atoms with van der Waals surface area (Å²) in [6.45, 7) is 3.64. The summed E-state index contributed by atoms with van der Waals surface area (Å²) in [5.74, 6) is -2.80. The average Bonchev–Trinajstić information content (AvgIpc) is 2.27. The van der Waals surface area contributed by atoms with Crippen LogP contribution in [0.5, 0.6) is 0 Å². The summed E-state index contributed by atoms with van der Waals surface area (Å²) in [6, 6.07) is 7.04. The van der Waals surface area contributed by atoms with E-state index in [9.17, 15) is 13.6 Å². The second-order valence-electron chi connectivity index (χ2n) is 4.65. The first-order valence-electron chi connectivity index (χ1n) is 5.87. The van der Waals surface area contributed by atoms with Gasteiger partial charge < -0.3 is 5.32 Å². The number of hydrogen-bond acceptors (Lipinski definition) is 1. The molecule has 0 aliphatic heterocycles. The van der Waals surface area contributed by atoms with Gasteiger partial charge in [0.05, 0.1) is 6.42 Å². The van der Waals surface area contributed by atoms with E-state index < -0.39 is 5.92 Å². The van der Waals surface area contributed by atoms with Crippen LogP contribution in [-0.2, 0) is 11.2 Å². The van der Waals surface area contributed by atoms with Gasteiger partial charge >= 0.3 is 0 Å². The number of rotatable bonds is 4. The Morgan fingerprint density at radius 1 is 1.39 bits per heavy atom. The Hall–Kier alpha value is -1.71. The molecule has 0 bridgehead atoms. The molecule has 0 unspecified atom stereocenters. The van der Waals surface area contributed by atoms with Crippen LogP contribution in [0.15, 0.2) is 30.8 Å². The third-order valence-corrected chi connectivity index (χ3v) is 3.04. The highest BCUT2D eigenvalue weighted by atomic mass is 19.3. The molecule has 0 radical (unpaired) electrons. The van der Waals surface area contributed by atoms with Gasteiger partial charge in [0.1, 0.15) is 0 Å². The standard InChI is InChI=1S/C14H15F2NO/c1-2-10-3-5-11(6-4-10)7-13(18)17-12-8-14(15,16)9-12/h2-6,12H,1,7-9H2,(H,17,18). The summed E-state index contributed by atoms with van der Waals surface area (Å²) in [4.78, 5) is 11.6. The highest BCUT2D eigenvalue weighted by Crippen LogP contribution is 2.37. The SMILES string of the molecule is C=Cc1ccc(CC(=O)NC2CC(F)(F)C2)cc1. The first kappa shape index (κ1) is 12.7. The summed E-state index contributed by atoms with van der Waals surface area (Å²) in [7, 11) is 0. The zero-order chi connectivity index (χ0) is 13.2. The Balaban J connectivity index is 1.82. The monoisotopic (exact) mass is 251 g/mol. The Labute approximate surface area is 105 Å². The molecule has 18 heavy (non-hydrogen) atoms. The van der Waals surface area contributed by atoms with E-state index in [1.54, 1.807) is 6.08 Å². The third-order valence-electron chi connectivity index (χ3n) is 3.04. The van der Waals surface area contributed by atoms with E-state index in [2.05, 4.69) is 11.9 Å². The molecule has 1 aromatic rings. The smallest absolute Gasteiger partial charge is 0.252 e. The Morgan fingerprint density at radius 2 is 2.00 bits per heavy atom. The van der Waals surface area contributed by atoms with Gasteiger partial charge in [-0.3, -0.25) is 4.79 Å². The molecule has 0 saturated heterocycles. The first-order valence-corrected chi connectivity index (χ1v) is 5.87. The minimum Gasteiger partial charge on any atom is -0.353 e. The second kappa shape index (κ2) is 4.88. The Kier molecular flexibility index (Phi) is 3.45. The quantitative estimate of drug-likeness (QED) is 0.876. The van der Waals surface area contributed by atoms with Gasteiger partial charge in [-0.15, -0.1) is 0 Å². The van der Waals surface area contributed by atoms with Crippen molar-refractivity contribution >= 4 is 12.0 Å². The zero-order valence-electron chi connectivity index (χ0n) is 9.96. The van der Waals surface area contributed by atoms with Crippen molar-refractivity contribution in [3.05, 3.63) is 42.0 Å². The molecule has 1 aliphatic rings. The van der Waals surface area contributed by atoms with E-state index in [4.69, 9.17) is 0 Å². The molecule has 4 heteroatoms. The Morgan fingerprint density at radius 3 is 2.50 bits per heavy atom. The highest BCUT2D eigenvalue weighted by Gasteiger charge is 2.45. The second-order valence-corrected chi connectivity index (χ2v) is 4.65. The van der Waals surface area contributed by atoms with Gasteiger partial charge in [-0.2, -0.15) is 0 Å². The number of alkyl halides is 2. The number of benzene rings is 1. The van der Waals surface area contributed by atoms with Crippen LogP contribution in [0.1, 0.15) is 24.0 Å². The van der Waals surface area contributed by atoms with Crippen molar-refractivity contribution in [2.45, 2.75) is 31.2 Å². The van der Waals surface area contributed by atoms with Crippen LogP contribution in [0.4, 0.5) is 8.78 Å². The maximum absolute atomic E-state index is 12.6. The first-order chi connectivity index (χ1) is 8.48. The summed E-state index contributed by atoms with van der Waals surface area (Å²) < 4.78 is 25.2. The molecule has 1 N–H and O–H groups in total. The van der Waals surface area contributed by atoms with Crippen molar-refractivity contribution in [2.75, 3.05) is 0 Å². The minimum atomic E-state index is -2.59. The fourth-order valence-corrected chi connectivity index (χ4v) is 2.00. The lowest BCUT2D eigenvalue weighted by Crippen LogP contribution is -2.50. The van der Waals surface area contributed by atoms with Crippen molar-refractivity contribution in [3.63, 3.8) is 0 Å². The predicted molar refractivity (Wildman–Crippen MR) is 66.3 cm³/mol. The van der Waals surface area contributed by atoms with E-state index in [0.29, 0.717) is 0 Å². The van der Waals surface area contributed by atoms with Gasteiger partial charge in [-0.05, 0) is 11.1 Å². The number of halogens is 2. The lowest BCUT2D eigenvalue weighted by atomic mass is 9.88. The normalized spacial score (nSPS) is 17.9. The molecule has 2 rings (SSSR count). The third kappa shape index (κ3) is 3.15. The van der Waals surface area contributed by atoms with Gasteiger partial charge in [-0.1, -0.05) is 36.9 Å². The molecular weight excluding hydrogens is 236 g/mol. The lowest BCUT2D eigenvalue weighted by Gasteiger charge is -2.35. The molecule has 0 spiro atoms. The molecule has 0 heterocycles.